The van der Waals surface area contributed by atoms with Gasteiger partial charge in [-0.2, -0.15) is 0 Å². The SMILES string of the molecule is CCS[C@H]1O[C@H](COCc2ccccc2)[C@@H](OCc2ccccc2)[C@H](O[C@@H]2O[C@@H](C)[C@H](OCc3ccccc3)[C@@H](O[C@H](C)C(=O)OC)[C@H]2OCc2ccccc2)[C@@H]1OC(C)=O. The van der Waals surface area contributed by atoms with Crippen LogP contribution in [0, 0.1) is 0 Å². The minimum atomic E-state index is -1.15. The lowest BCUT2D eigenvalue weighted by atomic mass is 9.96. The highest BCUT2D eigenvalue weighted by Crippen LogP contribution is 2.38. The summed E-state index contributed by atoms with van der Waals surface area (Å²) in [4.78, 5) is 25.9. The van der Waals surface area contributed by atoms with Gasteiger partial charge in [0.15, 0.2) is 18.5 Å². The predicted molar refractivity (Wildman–Crippen MR) is 229 cm³/mol. The van der Waals surface area contributed by atoms with Gasteiger partial charge in [0, 0.05) is 6.92 Å². The fourth-order valence-electron chi connectivity index (χ4n) is 7.41. The van der Waals surface area contributed by atoms with Gasteiger partial charge in [-0.1, -0.05) is 128 Å². The lowest BCUT2D eigenvalue weighted by Crippen LogP contribution is -2.65. The summed E-state index contributed by atoms with van der Waals surface area (Å²) in [6.07, 6.45) is -8.79. The Kier molecular flexibility index (Phi) is 18.2. The molecule has 12 nitrogen and oxygen atoms in total. The topological polar surface area (TPSA) is 126 Å². The summed E-state index contributed by atoms with van der Waals surface area (Å²) in [6, 6.07) is 39.1. The van der Waals surface area contributed by atoms with Gasteiger partial charge in [-0.15, -0.1) is 11.8 Å². The van der Waals surface area contributed by atoms with E-state index in [4.69, 9.17) is 47.4 Å². The molecule has 4 aromatic carbocycles. The molecular formula is C48H58O12S. The molecule has 2 saturated heterocycles. The van der Waals surface area contributed by atoms with Gasteiger partial charge in [0.1, 0.15) is 42.1 Å². The Morgan fingerprint density at radius 3 is 1.62 bits per heavy atom. The van der Waals surface area contributed by atoms with E-state index in [0.29, 0.717) is 12.4 Å². The third-order valence-corrected chi connectivity index (χ3v) is 11.4. The lowest BCUT2D eigenvalue weighted by Gasteiger charge is -2.50. The number of ether oxygens (including phenoxy) is 10. The molecule has 6 rings (SSSR count). The molecule has 0 aromatic heterocycles. The minimum absolute atomic E-state index is 0.148. The number of carbonyl (C=O) groups is 2. The number of hydrogen-bond donors (Lipinski definition) is 0. The Morgan fingerprint density at radius 2 is 1.13 bits per heavy atom. The summed E-state index contributed by atoms with van der Waals surface area (Å²) in [6.45, 7) is 7.95. The van der Waals surface area contributed by atoms with Crippen molar-refractivity contribution < 1.29 is 57.0 Å². The summed E-state index contributed by atoms with van der Waals surface area (Å²) >= 11 is 1.49. The maximum Gasteiger partial charge on any atom is 0.334 e. The quantitative estimate of drug-likeness (QED) is 0.0772. The maximum absolute atomic E-state index is 12.9. The Bertz CT molecular complexity index is 1870. The van der Waals surface area contributed by atoms with Gasteiger partial charge < -0.3 is 47.4 Å². The van der Waals surface area contributed by atoms with Crippen molar-refractivity contribution in [3.05, 3.63) is 144 Å². The second-order valence-electron chi connectivity index (χ2n) is 14.9. The van der Waals surface area contributed by atoms with E-state index >= 15 is 0 Å². The number of methoxy groups -OCH3 is 1. The first-order chi connectivity index (χ1) is 29.7. The molecule has 0 amide bonds. The molecule has 0 saturated carbocycles. The van der Waals surface area contributed by atoms with Gasteiger partial charge in [-0.25, -0.2) is 4.79 Å². The molecule has 0 aliphatic carbocycles. The standard InChI is InChI=1S/C48H58O12S/c1-6-61-48-45(58-34(4)49)43(41(54-29-37-23-15-9-16-24-37)39(59-48)31-52-27-35-19-11-7-12-20-35)60-47-44(55-30-38-25-17-10-18-26-38)42(56-33(3)46(50)51-5)40(32(2)57-47)53-28-36-21-13-8-14-22-36/h7-26,32-33,39-45,47-48H,6,27-31H2,1-5H3/t32-,33+,39+,40-,41+,42+,43-,44+,45-,47-,48+/m0/s1. The summed E-state index contributed by atoms with van der Waals surface area (Å²) in [5.74, 6) is -0.419. The highest BCUT2D eigenvalue weighted by atomic mass is 32.2. The highest BCUT2D eigenvalue weighted by Gasteiger charge is 2.55. The van der Waals surface area contributed by atoms with Crippen molar-refractivity contribution in [1.29, 1.82) is 0 Å². The summed E-state index contributed by atoms with van der Waals surface area (Å²) in [7, 11) is 1.31. The van der Waals surface area contributed by atoms with E-state index in [1.165, 1.54) is 25.8 Å². The predicted octanol–water partition coefficient (Wildman–Crippen LogP) is 7.45. The monoisotopic (exact) mass is 858 g/mol. The van der Waals surface area contributed by atoms with E-state index in [0.717, 1.165) is 22.3 Å². The molecule has 4 aromatic rings. The van der Waals surface area contributed by atoms with Gasteiger partial charge in [0.05, 0.1) is 46.2 Å². The van der Waals surface area contributed by atoms with Crippen molar-refractivity contribution in [3.8, 4) is 0 Å². The average Bonchev–Trinajstić information content (AvgIpc) is 3.28. The Labute approximate surface area is 363 Å². The Morgan fingerprint density at radius 1 is 0.639 bits per heavy atom. The van der Waals surface area contributed by atoms with Crippen LogP contribution < -0.4 is 0 Å². The third kappa shape index (κ3) is 13.4. The van der Waals surface area contributed by atoms with Gasteiger partial charge in [-0.3, -0.25) is 4.79 Å². The van der Waals surface area contributed by atoms with E-state index in [2.05, 4.69) is 0 Å². The van der Waals surface area contributed by atoms with E-state index in [1.54, 1.807) is 6.92 Å². The molecule has 2 aliphatic heterocycles. The largest absolute Gasteiger partial charge is 0.467 e. The maximum atomic E-state index is 12.9. The van der Waals surface area contributed by atoms with E-state index in [-0.39, 0.29) is 26.4 Å². The van der Waals surface area contributed by atoms with Crippen LogP contribution in [0.25, 0.3) is 0 Å². The fourth-order valence-corrected chi connectivity index (χ4v) is 8.36. The molecule has 2 fully saturated rings. The molecule has 11 atom stereocenters. The number of rotatable bonds is 21. The first-order valence-corrected chi connectivity index (χ1v) is 21.9. The first-order valence-electron chi connectivity index (χ1n) is 20.8. The van der Waals surface area contributed by atoms with Gasteiger partial charge in [0.25, 0.3) is 0 Å². The highest BCUT2D eigenvalue weighted by molar-refractivity contribution is 7.99. The van der Waals surface area contributed by atoms with Crippen LogP contribution in [0.15, 0.2) is 121 Å². The molecule has 2 heterocycles. The zero-order chi connectivity index (χ0) is 43.0. The van der Waals surface area contributed by atoms with Crippen LogP contribution in [-0.2, 0) is 83.4 Å². The van der Waals surface area contributed by atoms with Gasteiger partial charge in [0.2, 0.25) is 0 Å². The van der Waals surface area contributed by atoms with Gasteiger partial charge in [-0.05, 0) is 41.9 Å². The molecule has 61 heavy (non-hydrogen) atoms. The van der Waals surface area contributed by atoms with Crippen LogP contribution in [0.5, 0.6) is 0 Å². The van der Waals surface area contributed by atoms with Crippen LogP contribution in [0.2, 0.25) is 0 Å². The molecule has 0 bridgehead atoms. The van der Waals surface area contributed by atoms with Crippen molar-refractivity contribution >= 4 is 23.7 Å². The first kappa shape index (κ1) is 46.4. The Balaban J connectivity index is 1.38. The van der Waals surface area contributed by atoms with Crippen LogP contribution >= 0.6 is 11.8 Å². The van der Waals surface area contributed by atoms with Crippen LogP contribution in [0.4, 0.5) is 0 Å². The molecule has 328 valence electrons. The average molecular weight is 859 g/mol. The summed E-state index contributed by atoms with van der Waals surface area (Å²) < 4.78 is 64.9. The van der Waals surface area contributed by atoms with Crippen molar-refractivity contribution in [2.24, 2.45) is 0 Å². The van der Waals surface area contributed by atoms with E-state index < -0.39 is 78.6 Å². The number of hydrogen-bond acceptors (Lipinski definition) is 13. The normalized spacial score (nSPS) is 26.9. The lowest BCUT2D eigenvalue weighted by molar-refractivity contribution is -0.353. The van der Waals surface area contributed by atoms with Crippen molar-refractivity contribution in [3.63, 3.8) is 0 Å². The second kappa shape index (κ2) is 23.9. The molecule has 0 N–H and O–H groups in total. The molecule has 0 unspecified atom stereocenters. The van der Waals surface area contributed by atoms with E-state index in [9.17, 15) is 9.59 Å². The van der Waals surface area contributed by atoms with Crippen molar-refractivity contribution in [1.82, 2.24) is 0 Å². The van der Waals surface area contributed by atoms with Gasteiger partial charge >= 0.3 is 11.9 Å². The summed E-state index contributed by atoms with van der Waals surface area (Å²) in [5.41, 5.74) is 3.11. The minimum Gasteiger partial charge on any atom is -0.467 e. The molecule has 13 heteroatoms. The zero-order valence-corrected chi connectivity index (χ0v) is 36.3. The zero-order valence-electron chi connectivity index (χ0n) is 35.4. The number of carbonyl (C=O) groups excluding carboxylic acids is 2. The van der Waals surface area contributed by atoms with Crippen LogP contribution in [-0.4, -0.2) is 98.1 Å². The fraction of sp³-hybridized carbons (Fsp3) is 0.458. The Hall–Kier alpha value is -4.15. The number of esters is 2. The molecule has 2 aliphatic rings. The smallest absolute Gasteiger partial charge is 0.334 e. The van der Waals surface area contributed by atoms with Crippen LogP contribution in [0.3, 0.4) is 0 Å². The van der Waals surface area contributed by atoms with Crippen LogP contribution in [0.1, 0.15) is 49.9 Å². The third-order valence-electron chi connectivity index (χ3n) is 10.4. The number of benzene rings is 4. The molecule has 0 radical (unpaired) electrons. The van der Waals surface area contributed by atoms with Crippen molar-refractivity contribution in [2.45, 2.75) is 121 Å². The second-order valence-corrected chi connectivity index (χ2v) is 16.3. The number of thioether (sulfide) groups is 1. The summed E-state index contributed by atoms with van der Waals surface area (Å²) in [5, 5.41) is 0. The van der Waals surface area contributed by atoms with E-state index in [1.807, 2.05) is 135 Å². The van der Waals surface area contributed by atoms with Crippen molar-refractivity contribution in [2.75, 3.05) is 19.5 Å². The molecular weight excluding hydrogens is 801 g/mol. The molecule has 0 spiro atoms.